The van der Waals surface area contributed by atoms with E-state index in [0.29, 0.717) is 32.5 Å². The molecule has 0 atom stereocenters. The molecule has 9 heteroatoms. The lowest BCUT2D eigenvalue weighted by Crippen LogP contribution is -2.57. The van der Waals surface area contributed by atoms with Crippen molar-refractivity contribution in [2.45, 2.75) is 12.8 Å². The van der Waals surface area contributed by atoms with Crippen LogP contribution in [-0.4, -0.2) is 74.6 Å². The second-order valence-corrected chi connectivity index (χ2v) is 7.14. The summed E-state index contributed by atoms with van der Waals surface area (Å²) in [7, 11) is 1.59. The van der Waals surface area contributed by atoms with Crippen LogP contribution in [0.1, 0.15) is 23.2 Å². The first kappa shape index (κ1) is 22.5. The van der Waals surface area contributed by atoms with Gasteiger partial charge < -0.3 is 19.9 Å². The molecular formula is C19H26ClF2N3O3. The normalized spacial score (nSPS) is 19.1. The molecule has 156 valence electrons. The minimum Gasteiger partial charge on any atom is -0.384 e. The molecule has 1 N–H and O–H groups in total. The zero-order chi connectivity index (χ0) is 19.4. The maximum absolute atomic E-state index is 13.9. The lowest BCUT2D eigenvalue weighted by molar-refractivity contribution is -0.149. The van der Waals surface area contributed by atoms with Crippen molar-refractivity contribution in [2.24, 2.45) is 5.41 Å². The Kier molecular flexibility index (Phi) is 7.74. The molecule has 2 saturated heterocycles. The van der Waals surface area contributed by atoms with Gasteiger partial charge >= 0.3 is 0 Å². The summed E-state index contributed by atoms with van der Waals surface area (Å²) in [5.74, 6) is -2.37. The molecule has 3 rings (SSSR count). The van der Waals surface area contributed by atoms with E-state index in [2.05, 4.69) is 5.32 Å². The number of piperazine rings is 1. The number of hydrogen-bond acceptors (Lipinski definition) is 4. The molecule has 2 aliphatic rings. The third-order valence-electron chi connectivity index (χ3n) is 5.47. The van der Waals surface area contributed by atoms with Crippen LogP contribution >= 0.6 is 12.4 Å². The number of carbonyl (C=O) groups excluding carboxylic acids is 2. The molecule has 2 amide bonds. The SMILES string of the molecule is COCC1(C(=O)N2CCN(C(=O)c3c(F)cccc3F)CC2)CCNCC1.Cl. The fourth-order valence-electron chi connectivity index (χ4n) is 3.91. The van der Waals surface area contributed by atoms with Crippen LogP contribution in [0.4, 0.5) is 8.78 Å². The van der Waals surface area contributed by atoms with E-state index in [4.69, 9.17) is 4.74 Å². The summed E-state index contributed by atoms with van der Waals surface area (Å²) in [6.07, 6.45) is 1.42. The lowest BCUT2D eigenvalue weighted by atomic mass is 9.78. The summed E-state index contributed by atoms with van der Waals surface area (Å²) in [4.78, 5) is 28.8. The molecule has 1 aromatic rings. The molecule has 0 aromatic heterocycles. The van der Waals surface area contributed by atoms with Gasteiger partial charge in [0.1, 0.15) is 17.2 Å². The minimum atomic E-state index is -0.868. The average molecular weight is 418 g/mol. The molecular weight excluding hydrogens is 392 g/mol. The van der Waals surface area contributed by atoms with E-state index < -0.39 is 28.5 Å². The first-order valence-electron chi connectivity index (χ1n) is 9.21. The second-order valence-electron chi connectivity index (χ2n) is 7.14. The lowest BCUT2D eigenvalue weighted by Gasteiger charge is -2.42. The summed E-state index contributed by atoms with van der Waals surface area (Å²) < 4.78 is 33.1. The van der Waals surface area contributed by atoms with E-state index in [9.17, 15) is 18.4 Å². The fourth-order valence-corrected chi connectivity index (χ4v) is 3.91. The maximum atomic E-state index is 13.9. The van der Waals surface area contributed by atoms with Gasteiger partial charge in [-0.05, 0) is 38.1 Å². The zero-order valence-corrected chi connectivity index (χ0v) is 16.7. The van der Waals surface area contributed by atoms with E-state index >= 15 is 0 Å². The van der Waals surface area contributed by atoms with E-state index in [1.807, 2.05) is 0 Å². The third kappa shape index (κ3) is 4.45. The van der Waals surface area contributed by atoms with Crippen molar-refractivity contribution in [3.05, 3.63) is 35.4 Å². The Labute approximate surface area is 169 Å². The molecule has 0 aliphatic carbocycles. The third-order valence-corrected chi connectivity index (χ3v) is 5.47. The maximum Gasteiger partial charge on any atom is 0.259 e. The van der Waals surface area contributed by atoms with E-state index in [-0.39, 0.29) is 31.4 Å². The largest absolute Gasteiger partial charge is 0.384 e. The molecule has 2 fully saturated rings. The fraction of sp³-hybridized carbons (Fsp3) is 0.579. The number of piperidine rings is 1. The summed E-state index contributed by atoms with van der Waals surface area (Å²) in [5, 5.41) is 3.26. The summed E-state index contributed by atoms with van der Waals surface area (Å²) >= 11 is 0. The van der Waals surface area contributed by atoms with Crippen LogP contribution in [0.25, 0.3) is 0 Å². The smallest absolute Gasteiger partial charge is 0.259 e. The van der Waals surface area contributed by atoms with Gasteiger partial charge in [0.2, 0.25) is 5.91 Å². The molecule has 0 spiro atoms. The van der Waals surface area contributed by atoms with Crippen molar-refractivity contribution in [1.29, 1.82) is 0 Å². The number of rotatable bonds is 4. The van der Waals surface area contributed by atoms with Gasteiger partial charge in [0.15, 0.2) is 0 Å². The second kappa shape index (κ2) is 9.62. The van der Waals surface area contributed by atoms with Crippen molar-refractivity contribution in [3.63, 3.8) is 0 Å². The number of hydrogen-bond donors (Lipinski definition) is 1. The van der Waals surface area contributed by atoms with Crippen LogP contribution in [-0.2, 0) is 9.53 Å². The van der Waals surface area contributed by atoms with Crippen molar-refractivity contribution in [1.82, 2.24) is 15.1 Å². The molecule has 2 heterocycles. The summed E-state index contributed by atoms with van der Waals surface area (Å²) in [6, 6.07) is 3.37. The van der Waals surface area contributed by atoms with Gasteiger partial charge in [-0.25, -0.2) is 8.78 Å². The van der Waals surface area contributed by atoms with Crippen LogP contribution in [0.5, 0.6) is 0 Å². The van der Waals surface area contributed by atoms with Crippen molar-refractivity contribution < 1.29 is 23.1 Å². The Balaban J connectivity index is 0.00000280. The van der Waals surface area contributed by atoms with Crippen LogP contribution in [0, 0.1) is 17.0 Å². The number of ether oxygens (including phenoxy) is 1. The quantitative estimate of drug-likeness (QED) is 0.809. The average Bonchev–Trinajstić information content (AvgIpc) is 2.68. The Bertz CT molecular complexity index is 680. The highest BCUT2D eigenvalue weighted by Crippen LogP contribution is 2.32. The molecule has 0 unspecified atom stereocenters. The molecule has 28 heavy (non-hydrogen) atoms. The summed E-state index contributed by atoms with van der Waals surface area (Å²) in [5.41, 5.74) is -1.07. The predicted octanol–water partition coefficient (Wildman–Crippen LogP) is 1.69. The number of carbonyl (C=O) groups is 2. The molecule has 1 aromatic carbocycles. The number of amides is 2. The monoisotopic (exact) mass is 417 g/mol. The van der Waals surface area contributed by atoms with Crippen molar-refractivity contribution >= 4 is 24.2 Å². The number of halogens is 3. The highest BCUT2D eigenvalue weighted by atomic mass is 35.5. The van der Waals surface area contributed by atoms with Crippen LogP contribution in [0.2, 0.25) is 0 Å². The van der Waals surface area contributed by atoms with Crippen LogP contribution in [0.3, 0.4) is 0 Å². The van der Waals surface area contributed by atoms with Gasteiger partial charge in [0, 0.05) is 33.3 Å². The number of nitrogens with one attached hydrogen (secondary N) is 1. The van der Waals surface area contributed by atoms with Gasteiger partial charge in [-0.15, -0.1) is 12.4 Å². The molecule has 6 nitrogen and oxygen atoms in total. The van der Waals surface area contributed by atoms with Gasteiger partial charge in [0.25, 0.3) is 5.91 Å². The predicted molar refractivity (Wildman–Crippen MR) is 103 cm³/mol. The van der Waals surface area contributed by atoms with Crippen LogP contribution < -0.4 is 5.32 Å². The molecule has 0 saturated carbocycles. The number of methoxy groups -OCH3 is 1. The Morgan fingerprint density at radius 2 is 1.61 bits per heavy atom. The van der Waals surface area contributed by atoms with Gasteiger partial charge in [-0.2, -0.15) is 0 Å². The van der Waals surface area contributed by atoms with Crippen molar-refractivity contribution in [2.75, 3.05) is 53.0 Å². The Hall–Kier alpha value is -1.77. The Morgan fingerprint density at radius 1 is 1.07 bits per heavy atom. The highest BCUT2D eigenvalue weighted by molar-refractivity contribution is 5.95. The number of nitrogens with zero attached hydrogens (tertiary/aromatic N) is 2. The van der Waals surface area contributed by atoms with Gasteiger partial charge in [-0.3, -0.25) is 9.59 Å². The van der Waals surface area contributed by atoms with E-state index in [1.165, 1.54) is 11.0 Å². The zero-order valence-electron chi connectivity index (χ0n) is 15.9. The topological polar surface area (TPSA) is 61.9 Å². The Morgan fingerprint density at radius 3 is 2.14 bits per heavy atom. The summed E-state index contributed by atoms with van der Waals surface area (Å²) in [6.45, 7) is 3.09. The van der Waals surface area contributed by atoms with Crippen molar-refractivity contribution in [3.8, 4) is 0 Å². The molecule has 0 bridgehead atoms. The molecule has 0 radical (unpaired) electrons. The van der Waals surface area contributed by atoms with E-state index in [0.717, 1.165) is 25.2 Å². The minimum absolute atomic E-state index is 0. The first-order valence-corrected chi connectivity index (χ1v) is 9.21. The van der Waals surface area contributed by atoms with Crippen LogP contribution in [0.15, 0.2) is 18.2 Å². The molecule has 2 aliphatic heterocycles. The van der Waals surface area contributed by atoms with Gasteiger partial charge in [0.05, 0.1) is 12.0 Å². The standard InChI is InChI=1S/C19H25F2N3O3.ClH/c1-27-13-19(5-7-22-8-6-19)18(26)24-11-9-23(10-12-24)17(25)16-14(20)3-2-4-15(16)21;/h2-4,22H,5-13H2,1H3;1H. The first-order chi connectivity index (χ1) is 13.0. The van der Waals surface area contributed by atoms with E-state index in [1.54, 1.807) is 12.0 Å². The highest BCUT2D eigenvalue weighted by Gasteiger charge is 2.43. The van der Waals surface area contributed by atoms with Gasteiger partial charge in [-0.1, -0.05) is 6.07 Å². The number of benzene rings is 1.